The molecule has 5 aromatic carbocycles. The van der Waals surface area contributed by atoms with Crippen molar-refractivity contribution in [2.24, 2.45) is 0 Å². The Morgan fingerprint density at radius 3 is 1.17 bits per heavy atom. The third-order valence-corrected chi connectivity index (χ3v) is 7.86. The molecule has 0 aliphatic carbocycles. The van der Waals surface area contributed by atoms with Gasteiger partial charge in [0.2, 0.25) is 0 Å². The SMILES string of the molecule is c1cc(-c2cscn2)cc(-c2c3ccccc3c(-c3cccc(-c4cscn4)c3)c3ccccc23)c1. The Bertz CT molecular complexity index is 1640. The second kappa shape index (κ2) is 8.83. The minimum atomic E-state index is 1.02. The molecule has 170 valence electrons. The van der Waals surface area contributed by atoms with Crippen LogP contribution in [0.1, 0.15) is 0 Å². The Morgan fingerprint density at radius 2 is 0.806 bits per heavy atom. The zero-order chi connectivity index (χ0) is 23.9. The van der Waals surface area contributed by atoms with Gasteiger partial charge in [0.15, 0.2) is 0 Å². The zero-order valence-corrected chi connectivity index (χ0v) is 20.9. The number of nitrogens with zero attached hydrogens (tertiary/aromatic N) is 2. The molecule has 2 heterocycles. The average Bonchev–Trinajstić information content (AvgIpc) is 3.67. The number of benzene rings is 5. The summed E-state index contributed by atoms with van der Waals surface area (Å²) in [7, 11) is 0. The first-order valence-corrected chi connectivity index (χ1v) is 13.7. The Balaban J connectivity index is 1.54. The lowest BCUT2D eigenvalue weighted by atomic mass is 9.85. The van der Waals surface area contributed by atoms with E-state index in [9.17, 15) is 0 Å². The number of aromatic nitrogens is 2. The highest BCUT2D eigenvalue weighted by atomic mass is 32.1. The van der Waals surface area contributed by atoms with Crippen molar-refractivity contribution >= 4 is 44.2 Å². The van der Waals surface area contributed by atoms with Gasteiger partial charge in [0, 0.05) is 21.9 Å². The van der Waals surface area contributed by atoms with Crippen LogP contribution in [-0.4, -0.2) is 9.97 Å². The molecule has 4 heteroatoms. The molecule has 0 aliphatic heterocycles. The maximum absolute atomic E-state index is 4.54. The minimum Gasteiger partial charge on any atom is -0.245 e. The van der Waals surface area contributed by atoms with E-state index in [0.717, 1.165) is 22.5 Å². The van der Waals surface area contributed by atoms with Crippen molar-refractivity contribution in [3.63, 3.8) is 0 Å². The molecule has 0 aliphatic rings. The Hall–Kier alpha value is -4.12. The van der Waals surface area contributed by atoms with Gasteiger partial charge in [0.1, 0.15) is 0 Å². The molecule has 7 rings (SSSR count). The highest BCUT2D eigenvalue weighted by Crippen LogP contribution is 2.44. The van der Waals surface area contributed by atoms with E-state index in [-0.39, 0.29) is 0 Å². The standard InChI is InChI=1S/C32H20N2S2/c1-2-12-26-25(11-1)31(23-9-5-7-21(15-23)29-17-35-19-33-29)27-13-3-4-14-28(27)32(26)24-10-6-8-22(16-24)30-18-36-20-34-30/h1-20H. The summed E-state index contributed by atoms with van der Waals surface area (Å²) in [6.07, 6.45) is 0. The molecule has 0 radical (unpaired) electrons. The van der Waals surface area contributed by atoms with Crippen LogP contribution in [0.5, 0.6) is 0 Å². The van der Waals surface area contributed by atoms with Crippen LogP contribution in [0.25, 0.3) is 66.3 Å². The second-order valence-electron chi connectivity index (χ2n) is 8.75. The molecule has 7 aromatic rings. The van der Waals surface area contributed by atoms with Crippen LogP contribution in [0.3, 0.4) is 0 Å². The number of thiazole rings is 2. The van der Waals surface area contributed by atoms with Gasteiger partial charge < -0.3 is 0 Å². The van der Waals surface area contributed by atoms with Crippen molar-refractivity contribution in [2.45, 2.75) is 0 Å². The second-order valence-corrected chi connectivity index (χ2v) is 10.2. The summed E-state index contributed by atoms with van der Waals surface area (Å²) in [6, 6.07) is 35.1. The van der Waals surface area contributed by atoms with Crippen LogP contribution in [0, 0.1) is 0 Å². The van der Waals surface area contributed by atoms with Crippen molar-refractivity contribution in [3.05, 3.63) is 119 Å². The summed E-state index contributed by atoms with van der Waals surface area (Å²) in [5.74, 6) is 0. The lowest BCUT2D eigenvalue weighted by Gasteiger charge is -2.18. The van der Waals surface area contributed by atoms with Gasteiger partial charge in [-0.15, -0.1) is 22.7 Å². The average molecular weight is 497 g/mol. The van der Waals surface area contributed by atoms with Crippen LogP contribution < -0.4 is 0 Å². The van der Waals surface area contributed by atoms with Crippen molar-refractivity contribution in [2.75, 3.05) is 0 Å². The van der Waals surface area contributed by atoms with E-state index < -0.39 is 0 Å². The fourth-order valence-electron chi connectivity index (χ4n) is 5.13. The van der Waals surface area contributed by atoms with E-state index in [1.165, 1.54) is 43.8 Å². The maximum Gasteiger partial charge on any atom is 0.0811 e. The van der Waals surface area contributed by atoms with Gasteiger partial charge in [-0.1, -0.05) is 84.9 Å². The van der Waals surface area contributed by atoms with Crippen LogP contribution in [0.4, 0.5) is 0 Å². The molecule has 36 heavy (non-hydrogen) atoms. The molecule has 0 fully saturated rings. The lowest BCUT2D eigenvalue weighted by molar-refractivity contribution is 1.41. The number of hydrogen-bond acceptors (Lipinski definition) is 4. The van der Waals surface area contributed by atoms with E-state index in [2.05, 4.69) is 118 Å². The molecule has 2 aromatic heterocycles. The van der Waals surface area contributed by atoms with Crippen LogP contribution >= 0.6 is 22.7 Å². The first-order chi connectivity index (χ1) is 17.9. The molecule has 0 saturated carbocycles. The molecule has 0 bridgehead atoms. The van der Waals surface area contributed by atoms with Gasteiger partial charge in [0.05, 0.1) is 22.4 Å². The summed E-state index contributed by atoms with van der Waals surface area (Å²) in [5, 5.41) is 9.21. The zero-order valence-electron chi connectivity index (χ0n) is 19.3. The van der Waals surface area contributed by atoms with Crippen LogP contribution in [-0.2, 0) is 0 Å². The summed E-state index contributed by atoms with van der Waals surface area (Å²) in [5.41, 5.74) is 13.0. The quantitative estimate of drug-likeness (QED) is 0.227. The van der Waals surface area contributed by atoms with E-state index >= 15 is 0 Å². The highest BCUT2D eigenvalue weighted by Gasteiger charge is 2.17. The lowest BCUT2D eigenvalue weighted by Crippen LogP contribution is -1.91. The molecule has 2 nitrogen and oxygen atoms in total. The third-order valence-electron chi connectivity index (χ3n) is 6.69. The smallest absolute Gasteiger partial charge is 0.0811 e. The van der Waals surface area contributed by atoms with Crippen LogP contribution in [0.15, 0.2) is 119 Å². The van der Waals surface area contributed by atoms with Crippen molar-refractivity contribution < 1.29 is 0 Å². The van der Waals surface area contributed by atoms with Gasteiger partial charge >= 0.3 is 0 Å². The highest BCUT2D eigenvalue weighted by molar-refractivity contribution is 7.08. The third kappa shape index (κ3) is 3.54. The van der Waals surface area contributed by atoms with E-state index in [4.69, 9.17) is 0 Å². The van der Waals surface area contributed by atoms with Gasteiger partial charge in [0.25, 0.3) is 0 Å². The van der Waals surface area contributed by atoms with Gasteiger partial charge in [-0.2, -0.15) is 0 Å². The molecule has 0 unspecified atom stereocenters. The number of fused-ring (bicyclic) bond motifs is 2. The fourth-order valence-corrected chi connectivity index (χ4v) is 6.25. The molecule has 0 saturated heterocycles. The van der Waals surface area contributed by atoms with Crippen molar-refractivity contribution in [1.29, 1.82) is 0 Å². The molecule has 0 N–H and O–H groups in total. The Morgan fingerprint density at radius 1 is 0.417 bits per heavy atom. The Labute approximate surface area is 217 Å². The van der Waals surface area contributed by atoms with Crippen molar-refractivity contribution in [3.8, 4) is 44.8 Å². The van der Waals surface area contributed by atoms with Crippen molar-refractivity contribution in [1.82, 2.24) is 9.97 Å². The monoisotopic (exact) mass is 496 g/mol. The summed E-state index contributed by atoms with van der Waals surface area (Å²) < 4.78 is 0. The summed E-state index contributed by atoms with van der Waals surface area (Å²) in [4.78, 5) is 9.09. The molecule has 0 amide bonds. The van der Waals surface area contributed by atoms with Gasteiger partial charge in [-0.25, -0.2) is 9.97 Å². The van der Waals surface area contributed by atoms with E-state index in [0.29, 0.717) is 0 Å². The predicted octanol–water partition coefficient (Wildman–Crippen LogP) is 9.57. The molecule has 0 spiro atoms. The normalized spacial score (nSPS) is 11.3. The topological polar surface area (TPSA) is 25.8 Å². The molecule has 0 atom stereocenters. The predicted molar refractivity (Wildman–Crippen MR) is 155 cm³/mol. The number of rotatable bonds is 4. The number of hydrogen-bond donors (Lipinski definition) is 0. The Kier molecular flexibility index (Phi) is 5.20. The summed E-state index contributed by atoms with van der Waals surface area (Å²) >= 11 is 3.25. The first-order valence-electron chi connectivity index (χ1n) is 11.8. The minimum absolute atomic E-state index is 1.02. The van der Waals surface area contributed by atoms with E-state index in [1.54, 1.807) is 22.7 Å². The first kappa shape index (κ1) is 21.2. The fraction of sp³-hybridized carbons (Fsp3) is 0. The van der Waals surface area contributed by atoms with E-state index in [1.807, 2.05) is 11.0 Å². The maximum atomic E-state index is 4.54. The van der Waals surface area contributed by atoms with Crippen LogP contribution in [0.2, 0.25) is 0 Å². The van der Waals surface area contributed by atoms with Gasteiger partial charge in [-0.3, -0.25) is 0 Å². The van der Waals surface area contributed by atoms with Gasteiger partial charge in [-0.05, 0) is 55.9 Å². The largest absolute Gasteiger partial charge is 0.245 e. The molecular formula is C32H20N2S2. The molecular weight excluding hydrogens is 477 g/mol. The summed E-state index contributed by atoms with van der Waals surface area (Å²) in [6.45, 7) is 0.